The normalized spacial score (nSPS) is 11.6. The van der Waals surface area contributed by atoms with Crippen LogP contribution in [-0.2, 0) is 9.59 Å². The van der Waals surface area contributed by atoms with Gasteiger partial charge in [0.15, 0.2) is 0 Å². The van der Waals surface area contributed by atoms with Gasteiger partial charge in [-0.2, -0.15) is 0 Å². The highest BCUT2D eigenvalue weighted by Gasteiger charge is 2.13. The summed E-state index contributed by atoms with van der Waals surface area (Å²) in [5.74, 6) is -0.647. The van der Waals surface area contributed by atoms with Crippen molar-refractivity contribution < 1.29 is 9.59 Å². The van der Waals surface area contributed by atoms with E-state index in [1.807, 2.05) is 48.5 Å². The van der Waals surface area contributed by atoms with Crippen LogP contribution >= 0.6 is 0 Å². The standard InChI is InChI=1S/C19H24N4O2/c20-11-5-10-17(21)19(25)22-13-18(24)23-16-9-4-8-15(12-16)14-6-2-1-3-7-14/h1-4,6-9,12,17H,5,10-11,13,20-21H2,(H,22,25)(H,23,24)/t17-/m0/s1. The SMILES string of the molecule is NCCC[C@H](N)C(=O)NCC(=O)Nc1cccc(-c2ccccc2)c1. The predicted octanol–water partition coefficient (Wildman–Crippen LogP) is 1.47. The molecule has 0 heterocycles. The molecule has 0 aromatic heterocycles. The van der Waals surface area contributed by atoms with Gasteiger partial charge in [0.2, 0.25) is 11.8 Å². The molecule has 0 fully saturated rings. The van der Waals surface area contributed by atoms with E-state index in [1.54, 1.807) is 6.07 Å². The highest BCUT2D eigenvalue weighted by atomic mass is 16.2. The van der Waals surface area contributed by atoms with Crippen LogP contribution in [0.15, 0.2) is 54.6 Å². The lowest BCUT2D eigenvalue weighted by molar-refractivity contribution is -0.125. The number of rotatable bonds is 8. The van der Waals surface area contributed by atoms with Gasteiger partial charge in [0.25, 0.3) is 0 Å². The minimum absolute atomic E-state index is 0.120. The number of nitrogens with one attached hydrogen (secondary N) is 2. The summed E-state index contributed by atoms with van der Waals surface area (Å²) in [4.78, 5) is 23.8. The number of benzene rings is 2. The second-order valence-electron chi connectivity index (χ2n) is 5.75. The van der Waals surface area contributed by atoms with Crippen LogP contribution in [0.1, 0.15) is 12.8 Å². The van der Waals surface area contributed by atoms with Gasteiger partial charge in [0, 0.05) is 5.69 Å². The Labute approximate surface area is 147 Å². The number of amides is 2. The molecular weight excluding hydrogens is 316 g/mol. The van der Waals surface area contributed by atoms with Gasteiger partial charge >= 0.3 is 0 Å². The fourth-order valence-corrected chi connectivity index (χ4v) is 2.38. The molecule has 6 heteroatoms. The quantitative estimate of drug-likeness (QED) is 0.583. The van der Waals surface area contributed by atoms with Crippen LogP contribution in [0, 0.1) is 0 Å². The first kappa shape index (κ1) is 18.6. The maximum absolute atomic E-state index is 12.0. The van der Waals surface area contributed by atoms with E-state index in [-0.39, 0.29) is 18.4 Å². The highest BCUT2D eigenvalue weighted by molar-refractivity contribution is 5.95. The van der Waals surface area contributed by atoms with E-state index >= 15 is 0 Å². The molecule has 2 aromatic carbocycles. The summed E-state index contributed by atoms with van der Waals surface area (Å²) in [5.41, 5.74) is 13.9. The van der Waals surface area contributed by atoms with Crippen molar-refractivity contribution in [3.63, 3.8) is 0 Å². The molecule has 2 amide bonds. The lowest BCUT2D eigenvalue weighted by Gasteiger charge is -2.12. The third-order valence-corrected chi connectivity index (χ3v) is 3.73. The van der Waals surface area contributed by atoms with E-state index in [2.05, 4.69) is 10.6 Å². The van der Waals surface area contributed by atoms with E-state index in [4.69, 9.17) is 11.5 Å². The molecule has 0 aliphatic carbocycles. The topological polar surface area (TPSA) is 110 Å². The Morgan fingerprint density at radius 3 is 2.44 bits per heavy atom. The maximum Gasteiger partial charge on any atom is 0.243 e. The van der Waals surface area contributed by atoms with Crippen molar-refractivity contribution in [2.75, 3.05) is 18.4 Å². The average Bonchev–Trinajstić information content (AvgIpc) is 2.65. The largest absolute Gasteiger partial charge is 0.346 e. The number of anilines is 1. The molecule has 1 atom stereocenters. The Bertz CT molecular complexity index is 704. The molecule has 0 saturated heterocycles. The zero-order valence-corrected chi connectivity index (χ0v) is 14.1. The van der Waals surface area contributed by atoms with Crippen LogP contribution < -0.4 is 22.1 Å². The van der Waals surface area contributed by atoms with Gasteiger partial charge < -0.3 is 22.1 Å². The minimum Gasteiger partial charge on any atom is -0.346 e. The Balaban J connectivity index is 1.88. The molecular formula is C19H24N4O2. The molecule has 0 aliphatic heterocycles. The van der Waals surface area contributed by atoms with Crippen LogP contribution in [0.2, 0.25) is 0 Å². The fraction of sp³-hybridized carbons (Fsp3) is 0.263. The van der Waals surface area contributed by atoms with Gasteiger partial charge in [-0.1, -0.05) is 42.5 Å². The molecule has 0 unspecified atom stereocenters. The van der Waals surface area contributed by atoms with Gasteiger partial charge in [0.1, 0.15) is 0 Å². The van der Waals surface area contributed by atoms with Crippen molar-refractivity contribution in [3.8, 4) is 11.1 Å². The summed E-state index contributed by atoms with van der Waals surface area (Å²) < 4.78 is 0. The highest BCUT2D eigenvalue weighted by Crippen LogP contribution is 2.22. The first-order valence-corrected chi connectivity index (χ1v) is 8.29. The molecule has 0 saturated carbocycles. The van der Waals surface area contributed by atoms with Crippen LogP contribution in [0.4, 0.5) is 5.69 Å². The smallest absolute Gasteiger partial charge is 0.243 e. The zero-order chi connectivity index (χ0) is 18.1. The fourth-order valence-electron chi connectivity index (χ4n) is 2.38. The average molecular weight is 340 g/mol. The van der Waals surface area contributed by atoms with Crippen molar-refractivity contribution in [2.45, 2.75) is 18.9 Å². The van der Waals surface area contributed by atoms with Crippen molar-refractivity contribution in [2.24, 2.45) is 11.5 Å². The van der Waals surface area contributed by atoms with Crippen molar-refractivity contribution in [3.05, 3.63) is 54.6 Å². The maximum atomic E-state index is 12.0. The molecule has 2 rings (SSSR count). The minimum atomic E-state index is -0.641. The number of hydrogen-bond acceptors (Lipinski definition) is 4. The van der Waals surface area contributed by atoms with E-state index in [0.29, 0.717) is 25.1 Å². The van der Waals surface area contributed by atoms with Crippen LogP contribution in [0.5, 0.6) is 0 Å². The van der Waals surface area contributed by atoms with Gasteiger partial charge in [0.05, 0.1) is 12.6 Å². The van der Waals surface area contributed by atoms with Crippen LogP contribution in [0.3, 0.4) is 0 Å². The molecule has 132 valence electrons. The Hall–Kier alpha value is -2.70. The van der Waals surface area contributed by atoms with Gasteiger partial charge in [-0.15, -0.1) is 0 Å². The number of carbonyl (C=O) groups excluding carboxylic acids is 2. The first-order chi connectivity index (χ1) is 12.1. The summed E-state index contributed by atoms with van der Waals surface area (Å²) in [5, 5.41) is 5.32. The number of carbonyl (C=O) groups is 2. The molecule has 0 aliphatic rings. The summed E-state index contributed by atoms with van der Waals surface area (Å²) in [6, 6.07) is 16.8. The zero-order valence-electron chi connectivity index (χ0n) is 14.1. The van der Waals surface area contributed by atoms with Gasteiger partial charge in [-0.3, -0.25) is 9.59 Å². The van der Waals surface area contributed by atoms with Crippen molar-refractivity contribution in [1.82, 2.24) is 5.32 Å². The number of hydrogen-bond donors (Lipinski definition) is 4. The van der Waals surface area contributed by atoms with Crippen molar-refractivity contribution >= 4 is 17.5 Å². The Morgan fingerprint density at radius 2 is 1.72 bits per heavy atom. The Kier molecular flexibility index (Phi) is 7.13. The summed E-state index contributed by atoms with van der Waals surface area (Å²) in [6.07, 6.45) is 1.18. The first-order valence-electron chi connectivity index (χ1n) is 8.29. The molecule has 6 nitrogen and oxygen atoms in total. The van der Waals surface area contributed by atoms with Gasteiger partial charge in [-0.25, -0.2) is 0 Å². The summed E-state index contributed by atoms with van der Waals surface area (Å²) in [6.45, 7) is 0.365. The van der Waals surface area contributed by atoms with E-state index < -0.39 is 6.04 Å². The van der Waals surface area contributed by atoms with Crippen molar-refractivity contribution in [1.29, 1.82) is 0 Å². The monoisotopic (exact) mass is 340 g/mol. The van der Waals surface area contributed by atoms with Crippen LogP contribution in [-0.4, -0.2) is 30.9 Å². The lowest BCUT2D eigenvalue weighted by atomic mass is 10.1. The molecule has 2 aromatic rings. The molecule has 0 radical (unpaired) electrons. The molecule has 6 N–H and O–H groups in total. The van der Waals surface area contributed by atoms with E-state index in [1.165, 1.54) is 0 Å². The van der Waals surface area contributed by atoms with Crippen LogP contribution in [0.25, 0.3) is 11.1 Å². The molecule has 25 heavy (non-hydrogen) atoms. The number of nitrogens with two attached hydrogens (primary N) is 2. The molecule has 0 bridgehead atoms. The van der Waals surface area contributed by atoms with E-state index in [9.17, 15) is 9.59 Å². The third-order valence-electron chi connectivity index (χ3n) is 3.73. The second-order valence-corrected chi connectivity index (χ2v) is 5.75. The lowest BCUT2D eigenvalue weighted by Crippen LogP contribution is -2.43. The van der Waals surface area contributed by atoms with Gasteiger partial charge in [-0.05, 0) is 42.6 Å². The third kappa shape index (κ3) is 6.02. The second kappa shape index (κ2) is 9.56. The van der Waals surface area contributed by atoms with E-state index in [0.717, 1.165) is 11.1 Å². The predicted molar refractivity (Wildman–Crippen MR) is 99.8 cm³/mol. The summed E-state index contributed by atoms with van der Waals surface area (Å²) in [7, 11) is 0. The molecule has 0 spiro atoms. The Morgan fingerprint density at radius 1 is 1.00 bits per heavy atom. The summed E-state index contributed by atoms with van der Waals surface area (Å²) >= 11 is 0.